The van der Waals surface area contributed by atoms with E-state index in [0.717, 1.165) is 24.5 Å². The quantitative estimate of drug-likeness (QED) is 0.886. The second-order valence-corrected chi connectivity index (χ2v) is 4.83. The minimum Gasteiger partial charge on any atom is -0.501 e. The number of benzene rings is 1. The van der Waals surface area contributed by atoms with Crippen LogP contribution in [0.15, 0.2) is 30.0 Å². The number of likely N-dealkylation sites (N-methyl/N-ethyl adjacent to an activating group) is 1. The Balaban J connectivity index is 2.34. The Labute approximate surface area is 108 Å². The largest absolute Gasteiger partial charge is 0.501 e. The molecule has 1 atom stereocenters. The Morgan fingerprint density at radius 1 is 1.41 bits per heavy atom. The maximum atomic E-state index is 6.08. The molecule has 0 fully saturated rings. The molecule has 92 valence electrons. The minimum atomic E-state index is 0.203. The molecular formula is C14H18ClNO. The molecule has 0 aromatic heterocycles. The zero-order valence-corrected chi connectivity index (χ0v) is 11.1. The summed E-state index contributed by atoms with van der Waals surface area (Å²) in [5.41, 5.74) is 3.78. The molecule has 0 saturated heterocycles. The van der Waals surface area contributed by atoms with Crippen molar-refractivity contribution in [2.24, 2.45) is 0 Å². The van der Waals surface area contributed by atoms with Gasteiger partial charge in [0.1, 0.15) is 0 Å². The number of ether oxygens (including phenoxy) is 1. The SMILES string of the molecule is CNC(C1=COCCC1)c1cc(Cl)ccc1C. The first kappa shape index (κ1) is 12.5. The van der Waals surface area contributed by atoms with Crippen LogP contribution in [0.1, 0.15) is 30.0 Å². The van der Waals surface area contributed by atoms with Crippen molar-refractivity contribution in [3.63, 3.8) is 0 Å². The van der Waals surface area contributed by atoms with Gasteiger partial charge in [-0.3, -0.25) is 0 Å². The monoisotopic (exact) mass is 251 g/mol. The molecule has 1 aromatic carbocycles. The van der Waals surface area contributed by atoms with Crippen LogP contribution < -0.4 is 5.32 Å². The van der Waals surface area contributed by atoms with Crippen molar-refractivity contribution in [2.45, 2.75) is 25.8 Å². The Morgan fingerprint density at radius 3 is 2.88 bits per heavy atom. The van der Waals surface area contributed by atoms with Gasteiger partial charge >= 0.3 is 0 Å². The third-order valence-electron chi connectivity index (χ3n) is 3.17. The lowest BCUT2D eigenvalue weighted by Crippen LogP contribution is -2.21. The number of halogens is 1. The average molecular weight is 252 g/mol. The fourth-order valence-electron chi connectivity index (χ4n) is 2.26. The smallest absolute Gasteiger partial charge is 0.0876 e. The van der Waals surface area contributed by atoms with Crippen LogP contribution in [-0.2, 0) is 4.74 Å². The third-order valence-corrected chi connectivity index (χ3v) is 3.41. The van der Waals surface area contributed by atoms with E-state index < -0.39 is 0 Å². The lowest BCUT2D eigenvalue weighted by molar-refractivity contribution is 0.220. The molecule has 1 aliphatic heterocycles. The van der Waals surface area contributed by atoms with E-state index in [-0.39, 0.29) is 6.04 Å². The van der Waals surface area contributed by atoms with Crippen LogP contribution in [0.5, 0.6) is 0 Å². The van der Waals surface area contributed by atoms with E-state index in [9.17, 15) is 0 Å². The summed E-state index contributed by atoms with van der Waals surface area (Å²) in [6, 6.07) is 6.23. The first-order chi connectivity index (χ1) is 8.22. The number of aryl methyl sites for hydroxylation is 1. The van der Waals surface area contributed by atoms with Gasteiger partial charge in [0.2, 0.25) is 0 Å². The number of rotatable bonds is 3. The standard InChI is InChI=1S/C14H18ClNO/c1-10-5-6-12(15)8-13(10)14(16-2)11-4-3-7-17-9-11/h5-6,8-9,14,16H,3-4,7H2,1-2H3. The van der Waals surface area contributed by atoms with Gasteiger partial charge in [-0.05, 0) is 55.6 Å². The second kappa shape index (κ2) is 5.56. The molecule has 17 heavy (non-hydrogen) atoms. The third kappa shape index (κ3) is 2.82. The van der Waals surface area contributed by atoms with Gasteiger partial charge in [-0.25, -0.2) is 0 Å². The topological polar surface area (TPSA) is 21.3 Å². The molecule has 2 nitrogen and oxygen atoms in total. The molecule has 1 heterocycles. The van der Waals surface area contributed by atoms with Crippen LogP contribution in [0.2, 0.25) is 5.02 Å². The van der Waals surface area contributed by atoms with E-state index in [1.54, 1.807) is 0 Å². The first-order valence-corrected chi connectivity index (χ1v) is 6.34. The zero-order valence-electron chi connectivity index (χ0n) is 10.3. The average Bonchev–Trinajstić information content (AvgIpc) is 2.36. The van der Waals surface area contributed by atoms with Crippen LogP contribution in [0.3, 0.4) is 0 Å². The summed E-state index contributed by atoms with van der Waals surface area (Å²) < 4.78 is 5.42. The summed E-state index contributed by atoms with van der Waals surface area (Å²) in [5, 5.41) is 4.13. The second-order valence-electron chi connectivity index (χ2n) is 4.39. The highest BCUT2D eigenvalue weighted by Crippen LogP contribution is 2.30. The Hall–Kier alpha value is -0.990. The summed E-state index contributed by atoms with van der Waals surface area (Å²) >= 11 is 6.08. The van der Waals surface area contributed by atoms with Gasteiger partial charge in [-0.15, -0.1) is 0 Å². The molecule has 0 spiro atoms. The molecule has 0 radical (unpaired) electrons. The van der Waals surface area contributed by atoms with E-state index in [1.165, 1.54) is 16.7 Å². The molecule has 1 aromatic rings. The Kier molecular flexibility index (Phi) is 4.08. The van der Waals surface area contributed by atoms with Crippen LogP contribution in [-0.4, -0.2) is 13.7 Å². The van der Waals surface area contributed by atoms with E-state index >= 15 is 0 Å². The fraction of sp³-hybridized carbons (Fsp3) is 0.429. The highest BCUT2D eigenvalue weighted by atomic mass is 35.5. The van der Waals surface area contributed by atoms with Crippen molar-refractivity contribution >= 4 is 11.6 Å². The lowest BCUT2D eigenvalue weighted by atomic mass is 9.92. The van der Waals surface area contributed by atoms with Gasteiger partial charge in [0.05, 0.1) is 18.9 Å². The first-order valence-electron chi connectivity index (χ1n) is 5.96. The maximum absolute atomic E-state index is 6.08. The summed E-state index contributed by atoms with van der Waals surface area (Å²) in [5.74, 6) is 0. The van der Waals surface area contributed by atoms with E-state index in [0.29, 0.717) is 0 Å². The number of nitrogens with one attached hydrogen (secondary N) is 1. The zero-order chi connectivity index (χ0) is 12.3. The van der Waals surface area contributed by atoms with Crippen molar-refractivity contribution in [2.75, 3.05) is 13.7 Å². The van der Waals surface area contributed by atoms with E-state index in [2.05, 4.69) is 18.3 Å². The van der Waals surface area contributed by atoms with Gasteiger partial charge in [-0.1, -0.05) is 17.7 Å². The molecule has 1 aliphatic rings. The van der Waals surface area contributed by atoms with Gasteiger partial charge in [-0.2, -0.15) is 0 Å². The molecule has 0 saturated carbocycles. The predicted octanol–water partition coefficient (Wildman–Crippen LogP) is 3.60. The lowest BCUT2D eigenvalue weighted by Gasteiger charge is -2.24. The van der Waals surface area contributed by atoms with E-state index in [1.807, 2.05) is 25.4 Å². The molecule has 0 amide bonds. The summed E-state index contributed by atoms with van der Waals surface area (Å²) in [7, 11) is 1.97. The molecular weight excluding hydrogens is 234 g/mol. The van der Waals surface area contributed by atoms with Crippen LogP contribution in [0, 0.1) is 6.92 Å². The normalized spacial score (nSPS) is 17.2. The molecule has 2 rings (SSSR count). The molecule has 0 bridgehead atoms. The van der Waals surface area contributed by atoms with Crippen molar-refractivity contribution < 1.29 is 4.74 Å². The van der Waals surface area contributed by atoms with Crippen LogP contribution in [0.25, 0.3) is 0 Å². The fourth-order valence-corrected chi connectivity index (χ4v) is 2.44. The maximum Gasteiger partial charge on any atom is 0.0876 e. The van der Waals surface area contributed by atoms with Gasteiger partial charge in [0.15, 0.2) is 0 Å². The van der Waals surface area contributed by atoms with Crippen LogP contribution >= 0.6 is 11.6 Å². The Bertz CT molecular complexity index is 428. The highest BCUT2D eigenvalue weighted by molar-refractivity contribution is 6.30. The number of hydrogen-bond acceptors (Lipinski definition) is 2. The number of hydrogen-bond donors (Lipinski definition) is 1. The van der Waals surface area contributed by atoms with Crippen LogP contribution in [0.4, 0.5) is 0 Å². The Morgan fingerprint density at radius 2 is 2.24 bits per heavy atom. The van der Waals surface area contributed by atoms with Crippen molar-refractivity contribution in [1.82, 2.24) is 5.32 Å². The van der Waals surface area contributed by atoms with Gasteiger partial charge in [0, 0.05) is 5.02 Å². The summed E-state index contributed by atoms with van der Waals surface area (Å²) in [4.78, 5) is 0. The molecule has 0 aliphatic carbocycles. The van der Waals surface area contributed by atoms with Gasteiger partial charge < -0.3 is 10.1 Å². The predicted molar refractivity (Wildman–Crippen MR) is 71.3 cm³/mol. The molecule has 1 unspecified atom stereocenters. The highest BCUT2D eigenvalue weighted by Gasteiger charge is 2.19. The van der Waals surface area contributed by atoms with Crippen molar-refractivity contribution in [3.05, 3.63) is 46.2 Å². The van der Waals surface area contributed by atoms with E-state index in [4.69, 9.17) is 16.3 Å². The van der Waals surface area contributed by atoms with Crippen molar-refractivity contribution in [3.8, 4) is 0 Å². The summed E-state index contributed by atoms with van der Waals surface area (Å²) in [6.07, 6.45) is 4.06. The molecule has 1 N–H and O–H groups in total. The molecule has 3 heteroatoms. The van der Waals surface area contributed by atoms with Crippen molar-refractivity contribution in [1.29, 1.82) is 0 Å². The summed E-state index contributed by atoms with van der Waals surface area (Å²) in [6.45, 7) is 2.94. The van der Waals surface area contributed by atoms with Gasteiger partial charge in [0.25, 0.3) is 0 Å². The minimum absolute atomic E-state index is 0.203.